The van der Waals surface area contributed by atoms with Crippen molar-refractivity contribution in [3.05, 3.63) is 57.4 Å². The summed E-state index contributed by atoms with van der Waals surface area (Å²) in [6, 6.07) is 8.46. The number of benzene rings is 1. The van der Waals surface area contributed by atoms with E-state index in [4.69, 9.17) is 16.3 Å². The number of rotatable bonds is 3. The summed E-state index contributed by atoms with van der Waals surface area (Å²) in [5.74, 6) is -2.99. The zero-order valence-electron chi connectivity index (χ0n) is 12.4. The number of aliphatic carboxylic acids is 1. The molecule has 1 aliphatic heterocycles. The van der Waals surface area contributed by atoms with E-state index in [1.54, 1.807) is 24.3 Å². The summed E-state index contributed by atoms with van der Waals surface area (Å²) >= 11 is 6.19. The number of ether oxygens (including phenoxy) is 1. The Balaban J connectivity index is 2.80. The summed E-state index contributed by atoms with van der Waals surface area (Å²) in [5, 5.41) is 21.8. The quantitative estimate of drug-likeness (QED) is 0.824. The molecule has 0 saturated heterocycles. The first-order valence-corrected chi connectivity index (χ1v) is 6.98. The first-order chi connectivity index (χ1) is 10.9. The van der Waals surface area contributed by atoms with Crippen LogP contribution in [0.25, 0.3) is 0 Å². The first-order valence-electron chi connectivity index (χ1n) is 6.60. The smallest absolute Gasteiger partial charge is 0.337 e. The molecule has 118 valence electrons. The Bertz CT molecular complexity index is 790. The van der Waals surface area contributed by atoms with E-state index in [0.29, 0.717) is 10.6 Å². The number of hydrogen-bond acceptors (Lipinski definition) is 5. The predicted octanol–water partition coefficient (Wildman–Crippen LogP) is 2.34. The summed E-state index contributed by atoms with van der Waals surface area (Å²) < 4.78 is 4.73. The third kappa shape index (κ3) is 2.91. The van der Waals surface area contributed by atoms with Gasteiger partial charge in [-0.1, -0.05) is 29.8 Å². The normalized spacial score (nSPS) is 17.4. The molecule has 2 N–H and O–H groups in total. The molecule has 2 rings (SSSR count). The highest BCUT2D eigenvalue weighted by molar-refractivity contribution is 6.31. The molecule has 1 atom stereocenters. The van der Waals surface area contributed by atoms with Crippen molar-refractivity contribution < 1.29 is 19.4 Å². The average Bonchev–Trinajstić information content (AvgIpc) is 2.53. The van der Waals surface area contributed by atoms with E-state index in [1.807, 2.05) is 6.07 Å². The van der Waals surface area contributed by atoms with Crippen molar-refractivity contribution in [2.75, 3.05) is 7.11 Å². The van der Waals surface area contributed by atoms with Gasteiger partial charge in [0.2, 0.25) is 0 Å². The first kappa shape index (κ1) is 16.6. The zero-order valence-corrected chi connectivity index (χ0v) is 13.1. The number of carbonyl (C=O) groups is 2. The van der Waals surface area contributed by atoms with Gasteiger partial charge in [-0.25, -0.2) is 9.59 Å². The number of nitrogens with one attached hydrogen (secondary N) is 1. The Morgan fingerprint density at radius 1 is 1.35 bits per heavy atom. The third-order valence-corrected chi connectivity index (χ3v) is 3.87. The molecule has 1 aromatic carbocycles. The maximum Gasteiger partial charge on any atom is 0.337 e. The predicted molar refractivity (Wildman–Crippen MR) is 82.3 cm³/mol. The summed E-state index contributed by atoms with van der Waals surface area (Å²) in [6.07, 6.45) is 0. The van der Waals surface area contributed by atoms with E-state index in [-0.39, 0.29) is 22.5 Å². The Kier molecular flexibility index (Phi) is 4.72. The van der Waals surface area contributed by atoms with Gasteiger partial charge in [-0.05, 0) is 18.6 Å². The third-order valence-electron chi connectivity index (χ3n) is 3.53. The molecule has 0 aromatic heterocycles. The van der Waals surface area contributed by atoms with Gasteiger partial charge in [-0.2, -0.15) is 5.26 Å². The molecule has 23 heavy (non-hydrogen) atoms. The van der Waals surface area contributed by atoms with Crippen LogP contribution >= 0.6 is 11.6 Å². The number of nitriles is 1. The monoisotopic (exact) mass is 332 g/mol. The van der Waals surface area contributed by atoms with E-state index in [1.165, 1.54) is 14.0 Å². The lowest BCUT2D eigenvalue weighted by Gasteiger charge is -2.28. The van der Waals surface area contributed by atoms with Crippen molar-refractivity contribution in [3.63, 3.8) is 0 Å². The van der Waals surface area contributed by atoms with E-state index in [0.717, 1.165) is 0 Å². The van der Waals surface area contributed by atoms with Gasteiger partial charge in [-0.15, -0.1) is 0 Å². The Labute approximate surface area is 137 Å². The SMILES string of the molecule is COC(=O)C1=C(C#N)NC(C)=C(C(=O)O)C1c1ccccc1Cl. The largest absolute Gasteiger partial charge is 0.478 e. The highest BCUT2D eigenvalue weighted by Gasteiger charge is 2.39. The van der Waals surface area contributed by atoms with E-state index >= 15 is 0 Å². The summed E-state index contributed by atoms with van der Waals surface area (Å²) in [5.41, 5.74) is 0.500. The van der Waals surface area contributed by atoms with Crippen LogP contribution in [-0.2, 0) is 14.3 Å². The lowest BCUT2D eigenvalue weighted by Crippen LogP contribution is -2.32. The van der Waals surface area contributed by atoms with Gasteiger partial charge in [0.1, 0.15) is 11.8 Å². The van der Waals surface area contributed by atoms with Crippen LogP contribution in [0.5, 0.6) is 0 Å². The molecule has 0 saturated carbocycles. The number of allylic oxidation sites excluding steroid dienone is 2. The van der Waals surface area contributed by atoms with Gasteiger partial charge in [0.05, 0.1) is 24.2 Å². The number of carboxylic acid groups (broad SMARTS) is 1. The molecule has 7 heteroatoms. The second-order valence-electron chi connectivity index (χ2n) is 4.82. The Morgan fingerprint density at radius 3 is 2.52 bits per heavy atom. The van der Waals surface area contributed by atoms with Crippen molar-refractivity contribution in [3.8, 4) is 6.07 Å². The summed E-state index contributed by atoms with van der Waals surface area (Å²) in [4.78, 5) is 23.9. The molecule has 0 bridgehead atoms. The number of carbonyl (C=O) groups excluding carboxylic acids is 1. The topological polar surface area (TPSA) is 99.4 Å². The van der Waals surface area contributed by atoms with Crippen LogP contribution in [-0.4, -0.2) is 24.2 Å². The number of hydrogen-bond donors (Lipinski definition) is 2. The van der Waals surface area contributed by atoms with E-state index in [2.05, 4.69) is 5.32 Å². The fourth-order valence-corrected chi connectivity index (χ4v) is 2.79. The molecule has 1 heterocycles. The van der Waals surface area contributed by atoms with Gasteiger partial charge in [-0.3, -0.25) is 0 Å². The van der Waals surface area contributed by atoms with E-state index < -0.39 is 17.9 Å². The van der Waals surface area contributed by atoms with Crippen molar-refractivity contribution in [1.82, 2.24) is 5.32 Å². The lowest BCUT2D eigenvalue weighted by atomic mass is 9.80. The molecule has 0 radical (unpaired) electrons. The number of carboxylic acids is 1. The standard InChI is InChI=1S/C16H13ClN2O4/c1-8-12(15(20)21)13(9-5-3-4-6-10(9)17)14(16(22)23-2)11(7-18)19-8/h3-6,13,19H,1-2H3,(H,20,21). The highest BCUT2D eigenvalue weighted by atomic mass is 35.5. The maximum absolute atomic E-state index is 12.2. The molecule has 0 fully saturated rings. The highest BCUT2D eigenvalue weighted by Crippen LogP contribution is 2.41. The molecule has 6 nitrogen and oxygen atoms in total. The van der Waals surface area contributed by atoms with Crippen LogP contribution < -0.4 is 5.32 Å². The van der Waals surface area contributed by atoms with Crippen molar-refractivity contribution in [2.24, 2.45) is 0 Å². The fourth-order valence-electron chi connectivity index (χ4n) is 2.55. The number of esters is 1. The number of methoxy groups -OCH3 is 1. The summed E-state index contributed by atoms with van der Waals surface area (Å²) in [6.45, 7) is 1.53. The van der Waals surface area contributed by atoms with Gasteiger partial charge in [0, 0.05) is 10.7 Å². The maximum atomic E-state index is 12.2. The molecular formula is C16H13ClN2O4. The van der Waals surface area contributed by atoms with Crippen LogP contribution in [0.15, 0.2) is 46.8 Å². The van der Waals surface area contributed by atoms with Crippen molar-refractivity contribution in [1.29, 1.82) is 5.26 Å². The van der Waals surface area contributed by atoms with Crippen molar-refractivity contribution >= 4 is 23.5 Å². The van der Waals surface area contributed by atoms with Crippen LogP contribution in [0.1, 0.15) is 18.4 Å². The molecule has 0 aliphatic carbocycles. The van der Waals surface area contributed by atoms with Crippen LogP contribution in [0, 0.1) is 11.3 Å². The Morgan fingerprint density at radius 2 is 2.00 bits per heavy atom. The second-order valence-corrected chi connectivity index (χ2v) is 5.22. The minimum atomic E-state index is -1.21. The molecule has 0 spiro atoms. The van der Waals surface area contributed by atoms with Crippen LogP contribution in [0.4, 0.5) is 0 Å². The minimum Gasteiger partial charge on any atom is -0.478 e. The van der Waals surface area contributed by atoms with Crippen LogP contribution in [0.2, 0.25) is 5.02 Å². The van der Waals surface area contributed by atoms with Crippen molar-refractivity contribution in [2.45, 2.75) is 12.8 Å². The molecular weight excluding hydrogens is 320 g/mol. The molecule has 1 aromatic rings. The number of nitrogens with zero attached hydrogens (tertiary/aromatic N) is 1. The summed E-state index contributed by atoms with van der Waals surface area (Å²) in [7, 11) is 1.17. The lowest BCUT2D eigenvalue weighted by molar-refractivity contribution is -0.136. The molecule has 1 unspecified atom stereocenters. The second kappa shape index (κ2) is 6.55. The van der Waals surface area contributed by atoms with Crippen LogP contribution in [0.3, 0.4) is 0 Å². The number of dihydropyridines is 1. The molecule has 1 aliphatic rings. The van der Waals surface area contributed by atoms with E-state index in [9.17, 15) is 20.0 Å². The van der Waals surface area contributed by atoms with Gasteiger partial charge < -0.3 is 15.2 Å². The zero-order chi connectivity index (χ0) is 17.1. The fraction of sp³-hybridized carbons (Fsp3) is 0.188. The average molecular weight is 333 g/mol. The van der Waals surface area contributed by atoms with Gasteiger partial charge >= 0.3 is 11.9 Å². The molecule has 0 amide bonds. The minimum absolute atomic E-state index is 0.0516. The Hall–Kier alpha value is -2.78. The van der Waals surface area contributed by atoms with Gasteiger partial charge in [0.25, 0.3) is 0 Å². The van der Waals surface area contributed by atoms with Gasteiger partial charge in [0.15, 0.2) is 0 Å². The number of halogens is 1.